The second-order valence-electron chi connectivity index (χ2n) is 7.03. The third-order valence-corrected chi connectivity index (χ3v) is 6.59. The van der Waals surface area contributed by atoms with E-state index in [1.165, 1.54) is 28.6 Å². The van der Waals surface area contributed by atoms with E-state index >= 15 is 0 Å². The number of nitrogens with zero attached hydrogens (tertiary/aromatic N) is 1. The molecule has 0 atom stereocenters. The van der Waals surface area contributed by atoms with E-state index in [2.05, 4.69) is 0 Å². The Morgan fingerprint density at radius 2 is 1.52 bits per heavy atom. The quantitative estimate of drug-likeness (QED) is 0.460. The molecule has 0 aliphatic carbocycles. The highest BCUT2D eigenvalue weighted by Crippen LogP contribution is 2.36. The molecule has 1 aliphatic rings. The minimum Gasteiger partial charge on any atom is -0.457 e. The number of carbonyl (C=O) groups is 1. The van der Waals surface area contributed by atoms with Crippen molar-refractivity contribution in [3.8, 4) is 0 Å². The third kappa shape index (κ3) is 6.03. The molecule has 0 N–H and O–H groups in total. The number of benzene rings is 2. The van der Waals surface area contributed by atoms with Gasteiger partial charge in [0.15, 0.2) is 0 Å². The standard InChI is InChI=1S/C20H17F6NO5S/c21-19(22,23)15-9-14(10-16(11-15)20(24,25)26)18(28)32-12-13-2-1-3-17(8-13)33(29,30)27-4-6-31-7-5-27/h1-3,8-11H,4-7,12H2. The molecule has 180 valence electrons. The molecule has 0 radical (unpaired) electrons. The van der Waals surface area contributed by atoms with Gasteiger partial charge in [-0.15, -0.1) is 0 Å². The zero-order valence-corrected chi connectivity index (χ0v) is 17.6. The van der Waals surface area contributed by atoms with Gasteiger partial charge in [-0.05, 0) is 35.9 Å². The Morgan fingerprint density at radius 1 is 0.939 bits per heavy atom. The summed E-state index contributed by atoms with van der Waals surface area (Å²) >= 11 is 0. The molecule has 0 unspecified atom stereocenters. The number of esters is 1. The number of hydrogen-bond donors (Lipinski definition) is 0. The molecule has 1 aliphatic heterocycles. The normalized spacial score (nSPS) is 15.9. The predicted octanol–water partition coefficient (Wildman–Crippen LogP) is 4.10. The number of ether oxygens (including phenoxy) is 2. The van der Waals surface area contributed by atoms with Gasteiger partial charge in [-0.25, -0.2) is 13.2 Å². The van der Waals surface area contributed by atoms with Crippen molar-refractivity contribution in [3.05, 3.63) is 64.7 Å². The summed E-state index contributed by atoms with van der Waals surface area (Å²) in [5.74, 6) is -1.42. The molecule has 33 heavy (non-hydrogen) atoms. The second-order valence-corrected chi connectivity index (χ2v) is 8.97. The Kier molecular flexibility index (Phi) is 7.05. The number of halogens is 6. The predicted molar refractivity (Wildman–Crippen MR) is 102 cm³/mol. The molecule has 13 heteroatoms. The first-order valence-electron chi connectivity index (χ1n) is 9.42. The first-order valence-corrected chi connectivity index (χ1v) is 10.9. The lowest BCUT2D eigenvalue weighted by Gasteiger charge is -2.26. The fourth-order valence-electron chi connectivity index (χ4n) is 3.04. The fourth-order valence-corrected chi connectivity index (χ4v) is 4.52. The monoisotopic (exact) mass is 497 g/mol. The summed E-state index contributed by atoms with van der Waals surface area (Å²) in [6.07, 6.45) is -10.2. The van der Waals surface area contributed by atoms with E-state index in [0.29, 0.717) is 0 Å². The van der Waals surface area contributed by atoms with Gasteiger partial charge in [-0.3, -0.25) is 0 Å². The summed E-state index contributed by atoms with van der Waals surface area (Å²) in [5.41, 5.74) is -4.05. The first-order chi connectivity index (χ1) is 15.3. The number of carbonyl (C=O) groups excluding carboxylic acids is 1. The summed E-state index contributed by atoms with van der Waals surface area (Å²) < 4.78 is 114. The molecular weight excluding hydrogens is 480 g/mol. The molecule has 1 saturated heterocycles. The molecule has 0 saturated carbocycles. The van der Waals surface area contributed by atoms with Gasteiger partial charge < -0.3 is 9.47 Å². The van der Waals surface area contributed by atoms with E-state index in [1.807, 2.05) is 0 Å². The van der Waals surface area contributed by atoms with Crippen molar-refractivity contribution < 1.29 is 49.0 Å². The molecule has 0 aromatic heterocycles. The summed E-state index contributed by atoms with van der Waals surface area (Å²) in [5, 5.41) is 0. The van der Waals surface area contributed by atoms with Gasteiger partial charge in [0.25, 0.3) is 0 Å². The molecule has 6 nitrogen and oxygen atoms in total. The fraction of sp³-hybridized carbons (Fsp3) is 0.350. The zero-order chi connectivity index (χ0) is 24.4. The number of morpholine rings is 1. The van der Waals surface area contributed by atoms with E-state index in [4.69, 9.17) is 9.47 Å². The van der Waals surface area contributed by atoms with Crippen molar-refractivity contribution in [2.75, 3.05) is 26.3 Å². The van der Waals surface area contributed by atoms with Crippen LogP contribution in [0.15, 0.2) is 47.4 Å². The van der Waals surface area contributed by atoms with Gasteiger partial charge in [0.05, 0.1) is 34.8 Å². The highest BCUT2D eigenvalue weighted by molar-refractivity contribution is 7.89. The Labute approximate surface area is 184 Å². The lowest BCUT2D eigenvalue weighted by atomic mass is 10.0. The van der Waals surface area contributed by atoms with Gasteiger partial charge in [0.1, 0.15) is 6.61 Å². The van der Waals surface area contributed by atoms with Crippen LogP contribution in [0, 0.1) is 0 Å². The average Bonchev–Trinajstić information content (AvgIpc) is 2.76. The molecule has 1 heterocycles. The van der Waals surface area contributed by atoms with Crippen LogP contribution in [-0.2, 0) is 38.5 Å². The van der Waals surface area contributed by atoms with Crippen molar-refractivity contribution in [3.63, 3.8) is 0 Å². The third-order valence-electron chi connectivity index (χ3n) is 4.70. The van der Waals surface area contributed by atoms with Crippen LogP contribution in [0.2, 0.25) is 0 Å². The molecule has 2 aromatic carbocycles. The first kappa shape index (κ1) is 25.0. The minimum atomic E-state index is -5.11. The molecule has 2 aromatic rings. The maximum atomic E-state index is 13.0. The van der Waals surface area contributed by atoms with Crippen LogP contribution in [0.1, 0.15) is 27.0 Å². The van der Waals surface area contributed by atoms with Crippen LogP contribution < -0.4 is 0 Å². The van der Waals surface area contributed by atoms with Crippen molar-refractivity contribution in [1.29, 1.82) is 0 Å². The number of alkyl halides is 6. The summed E-state index contributed by atoms with van der Waals surface area (Å²) in [7, 11) is -3.86. The highest BCUT2D eigenvalue weighted by atomic mass is 32.2. The van der Waals surface area contributed by atoms with E-state index in [-0.39, 0.29) is 55.0 Å². The molecule has 3 rings (SSSR count). The average molecular weight is 497 g/mol. The lowest BCUT2D eigenvalue weighted by Crippen LogP contribution is -2.40. The van der Waals surface area contributed by atoms with E-state index in [0.717, 1.165) is 0 Å². The molecule has 1 fully saturated rings. The molecule has 0 spiro atoms. The van der Waals surface area contributed by atoms with Gasteiger partial charge in [0.2, 0.25) is 10.0 Å². The van der Waals surface area contributed by atoms with Gasteiger partial charge >= 0.3 is 18.3 Å². The SMILES string of the molecule is O=C(OCc1cccc(S(=O)(=O)N2CCOCC2)c1)c1cc(C(F)(F)F)cc(C(F)(F)F)c1. The van der Waals surface area contributed by atoms with Crippen molar-refractivity contribution >= 4 is 16.0 Å². The summed E-state index contributed by atoms with van der Waals surface area (Å²) in [6, 6.07) is 5.73. The highest BCUT2D eigenvalue weighted by Gasteiger charge is 2.37. The molecular formula is C20H17F6NO5S. The smallest absolute Gasteiger partial charge is 0.416 e. The van der Waals surface area contributed by atoms with E-state index in [1.54, 1.807) is 0 Å². The summed E-state index contributed by atoms with van der Waals surface area (Å²) in [4.78, 5) is 12.1. The number of sulfonamides is 1. The van der Waals surface area contributed by atoms with Crippen molar-refractivity contribution in [2.45, 2.75) is 23.9 Å². The van der Waals surface area contributed by atoms with Gasteiger partial charge in [0, 0.05) is 13.1 Å². The zero-order valence-electron chi connectivity index (χ0n) is 16.7. The largest absolute Gasteiger partial charge is 0.457 e. The minimum absolute atomic E-state index is 0.100. The van der Waals surface area contributed by atoms with E-state index < -0.39 is 51.6 Å². The van der Waals surface area contributed by atoms with Crippen molar-refractivity contribution in [2.24, 2.45) is 0 Å². The number of rotatable bonds is 5. The maximum Gasteiger partial charge on any atom is 0.416 e. The molecule has 0 amide bonds. The van der Waals surface area contributed by atoms with Crippen LogP contribution in [0.5, 0.6) is 0 Å². The Morgan fingerprint density at radius 3 is 2.06 bits per heavy atom. The molecule has 0 bridgehead atoms. The lowest BCUT2D eigenvalue weighted by molar-refractivity contribution is -0.143. The Balaban J connectivity index is 1.79. The van der Waals surface area contributed by atoms with Gasteiger partial charge in [-0.1, -0.05) is 12.1 Å². The van der Waals surface area contributed by atoms with E-state index in [9.17, 15) is 39.6 Å². The van der Waals surface area contributed by atoms with Crippen LogP contribution >= 0.6 is 0 Å². The van der Waals surface area contributed by atoms with Crippen LogP contribution in [-0.4, -0.2) is 45.0 Å². The topological polar surface area (TPSA) is 72.9 Å². The van der Waals surface area contributed by atoms with Crippen LogP contribution in [0.25, 0.3) is 0 Å². The van der Waals surface area contributed by atoms with Crippen LogP contribution in [0.4, 0.5) is 26.3 Å². The van der Waals surface area contributed by atoms with Gasteiger partial charge in [-0.2, -0.15) is 30.6 Å². The van der Waals surface area contributed by atoms with Crippen molar-refractivity contribution in [1.82, 2.24) is 4.31 Å². The van der Waals surface area contributed by atoms with Crippen LogP contribution in [0.3, 0.4) is 0 Å². The number of hydrogen-bond acceptors (Lipinski definition) is 5. The summed E-state index contributed by atoms with van der Waals surface area (Å²) in [6.45, 7) is 0.195. The Bertz CT molecular complexity index is 1090. The Hall–Kier alpha value is -2.64. The maximum absolute atomic E-state index is 13.0. The second kappa shape index (κ2) is 9.31.